The van der Waals surface area contributed by atoms with Crippen LogP contribution in [-0.4, -0.2) is 17.4 Å². The predicted octanol–water partition coefficient (Wildman–Crippen LogP) is 4.01. The summed E-state index contributed by atoms with van der Waals surface area (Å²) in [7, 11) is 0. The molecule has 1 aromatic heterocycles. The zero-order valence-electron chi connectivity index (χ0n) is 14.4. The highest BCUT2D eigenvalue weighted by Gasteiger charge is 2.22. The summed E-state index contributed by atoms with van der Waals surface area (Å²) in [6, 6.07) is 13.0. The molecule has 2 atom stereocenters. The Labute approximate surface area is 143 Å². The van der Waals surface area contributed by atoms with Crippen LogP contribution in [0.3, 0.4) is 0 Å². The van der Waals surface area contributed by atoms with Gasteiger partial charge in [0.1, 0.15) is 0 Å². The molecule has 1 N–H and O–H groups in total. The van der Waals surface area contributed by atoms with Gasteiger partial charge in [-0.2, -0.15) is 0 Å². The molecule has 1 fully saturated rings. The molecular weight excluding hydrogens is 298 g/mol. The Morgan fingerprint density at radius 2 is 2.00 bits per heavy atom. The molecule has 1 amide bonds. The lowest BCUT2D eigenvalue weighted by molar-refractivity contribution is -0.117. The Morgan fingerprint density at radius 3 is 2.67 bits per heavy atom. The van der Waals surface area contributed by atoms with Crippen LogP contribution in [-0.2, 0) is 4.79 Å². The lowest BCUT2D eigenvalue weighted by Crippen LogP contribution is -2.26. The average molecular weight is 323 g/mol. The highest BCUT2D eigenvalue weighted by atomic mass is 16.2. The first-order chi connectivity index (χ1) is 11.7. The number of amides is 1. The van der Waals surface area contributed by atoms with Crippen molar-refractivity contribution in [3.63, 3.8) is 0 Å². The van der Waals surface area contributed by atoms with Crippen LogP contribution in [0, 0.1) is 0 Å². The lowest BCUT2D eigenvalue weighted by Gasteiger charge is -2.24. The van der Waals surface area contributed by atoms with Crippen molar-refractivity contribution in [3.8, 4) is 0 Å². The van der Waals surface area contributed by atoms with Gasteiger partial charge in [-0.3, -0.25) is 9.78 Å². The Balaban J connectivity index is 1.75. The van der Waals surface area contributed by atoms with Crippen molar-refractivity contribution in [2.24, 2.45) is 0 Å². The average Bonchev–Trinajstić information content (AvgIpc) is 3.06. The van der Waals surface area contributed by atoms with E-state index in [1.807, 2.05) is 29.4 Å². The van der Waals surface area contributed by atoms with E-state index in [-0.39, 0.29) is 11.9 Å². The second-order valence-electron chi connectivity index (χ2n) is 6.37. The lowest BCUT2D eigenvalue weighted by atomic mass is 10.0. The Hall–Kier alpha value is -2.20. The molecule has 3 rings (SSSR count). The van der Waals surface area contributed by atoms with Gasteiger partial charge in [0.25, 0.3) is 0 Å². The van der Waals surface area contributed by atoms with Crippen molar-refractivity contribution >= 4 is 11.6 Å². The quantitative estimate of drug-likeness (QED) is 0.873. The summed E-state index contributed by atoms with van der Waals surface area (Å²) in [6.45, 7) is 5.19. The van der Waals surface area contributed by atoms with E-state index in [0.29, 0.717) is 12.5 Å². The second-order valence-corrected chi connectivity index (χ2v) is 6.37. The molecule has 126 valence electrons. The van der Waals surface area contributed by atoms with Crippen LogP contribution in [0.25, 0.3) is 0 Å². The smallest absolute Gasteiger partial charge is 0.227 e. The maximum atomic E-state index is 12.0. The standard InChI is InChI=1S/C20H25N3O/c1-3-19(16-9-11-21-12-10-16)22-15(2)17-6-4-7-18(14-17)23-13-5-8-20(23)24/h4,6-7,9-12,14-15,19,22H,3,5,8,13H2,1-2H3/t15-,19-/m1/s1. The Bertz CT molecular complexity index is 686. The summed E-state index contributed by atoms with van der Waals surface area (Å²) >= 11 is 0. The van der Waals surface area contributed by atoms with Crippen molar-refractivity contribution in [1.29, 1.82) is 0 Å². The van der Waals surface area contributed by atoms with E-state index < -0.39 is 0 Å². The largest absolute Gasteiger partial charge is 0.312 e. The molecule has 4 nitrogen and oxygen atoms in total. The highest BCUT2D eigenvalue weighted by molar-refractivity contribution is 5.95. The van der Waals surface area contributed by atoms with Gasteiger partial charge in [0.15, 0.2) is 0 Å². The zero-order valence-corrected chi connectivity index (χ0v) is 14.4. The van der Waals surface area contributed by atoms with Crippen molar-refractivity contribution in [2.45, 2.75) is 45.2 Å². The molecule has 0 spiro atoms. The van der Waals surface area contributed by atoms with Gasteiger partial charge >= 0.3 is 0 Å². The normalized spacial score (nSPS) is 17.1. The maximum absolute atomic E-state index is 12.0. The van der Waals surface area contributed by atoms with E-state index >= 15 is 0 Å². The number of hydrogen-bond acceptors (Lipinski definition) is 3. The Morgan fingerprint density at radius 1 is 1.21 bits per heavy atom. The van der Waals surface area contributed by atoms with Crippen molar-refractivity contribution < 1.29 is 4.79 Å². The molecule has 2 aromatic rings. The first kappa shape index (κ1) is 16.7. The maximum Gasteiger partial charge on any atom is 0.227 e. The third-order valence-corrected chi connectivity index (χ3v) is 4.72. The molecule has 0 aliphatic carbocycles. The molecule has 0 unspecified atom stereocenters. The number of hydrogen-bond donors (Lipinski definition) is 1. The predicted molar refractivity (Wildman–Crippen MR) is 96.8 cm³/mol. The molecule has 1 aromatic carbocycles. The molecule has 1 aliphatic rings. The van der Waals surface area contributed by atoms with Gasteiger partial charge in [-0.15, -0.1) is 0 Å². The third kappa shape index (κ3) is 3.65. The minimum atomic E-state index is 0.209. The first-order valence-electron chi connectivity index (χ1n) is 8.75. The van der Waals surface area contributed by atoms with Crippen LogP contribution < -0.4 is 10.2 Å². The minimum Gasteiger partial charge on any atom is -0.312 e. The van der Waals surface area contributed by atoms with E-state index in [0.717, 1.165) is 25.1 Å². The van der Waals surface area contributed by atoms with E-state index in [9.17, 15) is 4.79 Å². The summed E-state index contributed by atoms with van der Waals surface area (Å²) in [5.41, 5.74) is 3.48. The zero-order chi connectivity index (χ0) is 16.9. The number of pyridine rings is 1. The number of carbonyl (C=O) groups excluding carboxylic acids is 1. The summed E-state index contributed by atoms with van der Waals surface area (Å²) in [6.07, 6.45) is 6.31. The molecule has 0 bridgehead atoms. The second kappa shape index (κ2) is 7.58. The molecular formula is C20H25N3O. The van der Waals surface area contributed by atoms with Gasteiger partial charge < -0.3 is 10.2 Å². The topological polar surface area (TPSA) is 45.2 Å². The van der Waals surface area contributed by atoms with Crippen molar-refractivity contribution in [1.82, 2.24) is 10.3 Å². The SMILES string of the molecule is CC[C@@H](N[C@H](C)c1cccc(N2CCCC2=O)c1)c1ccncc1. The van der Waals surface area contributed by atoms with E-state index in [1.165, 1.54) is 11.1 Å². The number of carbonyl (C=O) groups is 1. The third-order valence-electron chi connectivity index (χ3n) is 4.72. The molecule has 0 radical (unpaired) electrons. The van der Waals surface area contributed by atoms with Crippen molar-refractivity contribution in [2.75, 3.05) is 11.4 Å². The number of benzene rings is 1. The van der Waals surface area contributed by atoms with E-state index in [2.05, 4.69) is 48.4 Å². The molecule has 1 aliphatic heterocycles. The van der Waals surface area contributed by atoms with Crippen molar-refractivity contribution in [3.05, 3.63) is 59.9 Å². The summed E-state index contributed by atoms with van der Waals surface area (Å²) in [5.74, 6) is 0.232. The Kier molecular flexibility index (Phi) is 5.26. The number of nitrogens with one attached hydrogen (secondary N) is 1. The van der Waals surface area contributed by atoms with E-state index in [4.69, 9.17) is 0 Å². The summed E-state index contributed by atoms with van der Waals surface area (Å²) < 4.78 is 0. The number of nitrogens with zero attached hydrogens (tertiary/aromatic N) is 2. The summed E-state index contributed by atoms with van der Waals surface area (Å²) in [4.78, 5) is 18.0. The van der Waals surface area contributed by atoms with Gasteiger partial charge in [0.2, 0.25) is 5.91 Å². The fraction of sp³-hybridized carbons (Fsp3) is 0.400. The molecule has 0 saturated carbocycles. The fourth-order valence-corrected chi connectivity index (χ4v) is 3.33. The fourth-order valence-electron chi connectivity index (χ4n) is 3.33. The van der Waals surface area contributed by atoms with E-state index in [1.54, 1.807) is 0 Å². The van der Waals surface area contributed by atoms with Gasteiger partial charge in [0.05, 0.1) is 0 Å². The van der Waals surface area contributed by atoms with Gasteiger partial charge in [-0.05, 0) is 55.2 Å². The number of rotatable bonds is 6. The number of anilines is 1. The summed E-state index contributed by atoms with van der Waals surface area (Å²) in [5, 5.41) is 3.70. The van der Waals surface area contributed by atoms with Gasteiger partial charge in [-0.1, -0.05) is 19.1 Å². The minimum absolute atomic E-state index is 0.209. The van der Waals surface area contributed by atoms with Crippen LogP contribution >= 0.6 is 0 Å². The molecule has 24 heavy (non-hydrogen) atoms. The highest BCUT2D eigenvalue weighted by Crippen LogP contribution is 2.27. The molecule has 1 saturated heterocycles. The number of aromatic nitrogens is 1. The van der Waals surface area contributed by atoms with Crippen LogP contribution in [0.4, 0.5) is 5.69 Å². The first-order valence-corrected chi connectivity index (χ1v) is 8.75. The van der Waals surface area contributed by atoms with Gasteiger partial charge in [0, 0.05) is 43.1 Å². The molecule has 2 heterocycles. The van der Waals surface area contributed by atoms with Crippen LogP contribution in [0.15, 0.2) is 48.8 Å². The van der Waals surface area contributed by atoms with Gasteiger partial charge in [-0.25, -0.2) is 0 Å². The van der Waals surface area contributed by atoms with Crippen LogP contribution in [0.2, 0.25) is 0 Å². The van der Waals surface area contributed by atoms with Crippen LogP contribution in [0.5, 0.6) is 0 Å². The van der Waals surface area contributed by atoms with Crippen LogP contribution in [0.1, 0.15) is 56.3 Å². The monoisotopic (exact) mass is 323 g/mol. The molecule has 4 heteroatoms.